The van der Waals surface area contributed by atoms with Gasteiger partial charge in [-0.25, -0.2) is 4.39 Å². The number of anilines is 1. The van der Waals surface area contributed by atoms with E-state index in [9.17, 15) is 22.4 Å². The number of carbonyl (C=O) groups excluding carboxylic acids is 1. The highest BCUT2D eigenvalue weighted by molar-refractivity contribution is 5.92. The Kier molecular flexibility index (Phi) is 6.87. The summed E-state index contributed by atoms with van der Waals surface area (Å²) < 4.78 is 52.3. The highest BCUT2D eigenvalue weighted by Crippen LogP contribution is 2.39. The van der Waals surface area contributed by atoms with Gasteiger partial charge < -0.3 is 5.32 Å². The van der Waals surface area contributed by atoms with Crippen molar-refractivity contribution in [2.45, 2.75) is 75.8 Å². The summed E-state index contributed by atoms with van der Waals surface area (Å²) >= 11 is 0. The third-order valence-electron chi connectivity index (χ3n) is 7.08. The lowest BCUT2D eigenvalue weighted by atomic mass is 9.77. The van der Waals surface area contributed by atoms with Gasteiger partial charge in [-0.05, 0) is 73.3 Å². The first-order valence-corrected chi connectivity index (χ1v) is 11.6. The van der Waals surface area contributed by atoms with Crippen molar-refractivity contribution < 1.29 is 22.4 Å². The Hall–Kier alpha value is -2.37. The molecule has 2 unspecified atom stereocenters. The molecule has 32 heavy (non-hydrogen) atoms. The Balaban J connectivity index is 1.39. The molecule has 0 radical (unpaired) electrons. The fourth-order valence-corrected chi connectivity index (χ4v) is 5.23. The first-order valence-electron chi connectivity index (χ1n) is 11.6. The zero-order valence-corrected chi connectivity index (χ0v) is 18.1. The second kappa shape index (κ2) is 9.63. The van der Waals surface area contributed by atoms with Gasteiger partial charge in [-0.3, -0.25) is 4.79 Å². The standard InChI is InChI=1S/C26H29F4NO/c27-23-16-22(26(28,29)30)13-14-24(23)31-25(32)21-8-4-7-20(15-21)19-11-9-18(10-12-19)17-5-2-1-3-6-17/h9-14,16-17,20-21H,1-8,15H2,(H,31,32). The molecule has 0 aromatic heterocycles. The van der Waals surface area contributed by atoms with Gasteiger partial charge in [0.05, 0.1) is 11.3 Å². The molecule has 2 fully saturated rings. The van der Waals surface area contributed by atoms with Crippen molar-refractivity contribution in [2.75, 3.05) is 5.32 Å². The molecule has 2 saturated carbocycles. The van der Waals surface area contributed by atoms with Gasteiger partial charge in [-0.2, -0.15) is 13.2 Å². The third-order valence-corrected chi connectivity index (χ3v) is 7.08. The Bertz CT molecular complexity index is 932. The Morgan fingerprint density at radius 2 is 1.44 bits per heavy atom. The van der Waals surface area contributed by atoms with Gasteiger partial charge in [0.1, 0.15) is 5.82 Å². The lowest BCUT2D eigenvalue weighted by molar-refractivity contribution is -0.137. The minimum absolute atomic E-state index is 0.207. The highest BCUT2D eigenvalue weighted by atomic mass is 19.4. The van der Waals surface area contributed by atoms with Gasteiger partial charge in [0.15, 0.2) is 0 Å². The maximum absolute atomic E-state index is 14.1. The minimum atomic E-state index is -4.62. The Morgan fingerprint density at radius 1 is 0.812 bits per heavy atom. The van der Waals surface area contributed by atoms with Crippen LogP contribution in [-0.4, -0.2) is 5.91 Å². The molecule has 4 rings (SSSR count). The number of amides is 1. The molecule has 0 bridgehead atoms. The first-order chi connectivity index (χ1) is 15.3. The topological polar surface area (TPSA) is 29.1 Å². The lowest BCUT2D eigenvalue weighted by Gasteiger charge is -2.29. The van der Waals surface area contributed by atoms with Crippen molar-refractivity contribution in [1.82, 2.24) is 0 Å². The van der Waals surface area contributed by atoms with Crippen LogP contribution >= 0.6 is 0 Å². The summed E-state index contributed by atoms with van der Waals surface area (Å²) in [6.45, 7) is 0. The molecular weight excluding hydrogens is 418 g/mol. The normalized spacial score (nSPS) is 22.5. The van der Waals surface area contributed by atoms with Gasteiger partial charge in [0.25, 0.3) is 0 Å². The van der Waals surface area contributed by atoms with Gasteiger partial charge in [0, 0.05) is 5.92 Å². The highest BCUT2D eigenvalue weighted by Gasteiger charge is 2.32. The molecule has 1 amide bonds. The summed E-state index contributed by atoms with van der Waals surface area (Å²) in [6, 6.07) is 11.0. The molecule has 2 atom stereocenters. The van der Waals surface area contributed by atoms with Crippen molar-refractivity contribution in [3.8, 4) is 0 Å². The summed E-state index contributed by atoms with van der Waals surface area (Å²) in [6.07, 6.45) is 5.07. The summed E-state index contributed by atoms with van der Waals surface area (Å²) in [5.41, 5.74) is 1.35. The predicted molar refractivity (Wildman–Crippen MR) is 117 cm³/mol. The molecule has 2 nitrogen and oxygen atoms in total. The zero-order chi connectivity index (χ0) is 22.7. The number of halogens is 4. The van der Waals surface area contributed by atoms with Crippen LogP contribution in [0, 0.1) is 11.7 Å². The Morgan fingerprint density at radius 3 is 2.06 bits per heavy atom. The van der Waals surface area contributed by atoms with Crippen molar-refractivity contribution in [3.63, 3.8) is 0 Å². The smallest absolute Gasteiger partial charge is 0.323 e. The quantitative estimate of drug-likeness (QED) is 0.476. The van der Waals surface area contributed by atoms with E-state index in [2.05, 4.69) is 29.6 Å². The third kappa shape index (κ3) is 5.33. The molecule has 0 heterocycles. The maximum Gasteiger partial charge on any atom is 0.416 e. The number of hydrogen-bond acceptors (Lipinski definition) is 1. The van der Waals surface area contributed by atoms with Crippen molar-refractivity contribution in [2.24, 2.45) is 5.92 Å². The minimum Gasteiger partial charge on any atom is -0.323 e. The molecule has 6 heteroatoms. The van der Waals surface area contributed by atoms with Gasteiger partial charge >= 0.3 is 6.18 Å². The molecule has 2 aliphatic rings. The second-order valence-corrected chi connectivity index (χ2v) is 9.24. The van der Waals surface area contributed by atoms with Gasteiger partial charge in [-0.1, -0.05) is 49.9 Å². The maximum atomic E-state index is 14.1. The van der Waals surface area contributed by atoms with Gasteiger partial charge in [0.2, 0.25) is 5.91 Å². The van der Waals surface area contributed by atoms with Crippen LogP contribution < -0.4 is 5.32 Å². The molecule has 2 aliphatic carbocycles. The van der Waals surface area contributed by atoms with E-state index >= 15 is 0 Å². The van der Waals surface area contributed by atoms with Gasteiger partial charge in [-0.15, -0.1) is 0 Å². The fraction of sp³-hybridized carbons (Fsp3) is 0.500. The summed E-state index contributed by atoms with van der Waals surface area (Å²) in [7, 11) is 0. The molecule has 2 aromatic carbocycles. The molecule has 0 spiro atoms. The fourth-order valence-electron chi connectivity index (χ4n) is 5.23. The molecular formula is C26H29F4NO. The predicted octanol–water partition coefficient (Wildman–Crippen LogP) is 7.80. The molecule has 0 saturated heterocycles. The number of nitrogens with one attached hydrogen (secondary N) is 1. The molecule has 1 N–H and O–H groups in total. The number of hydrogen-bond donors (Lipinski definition) is 1. The number of rotatable bonds is 4. The van der Waals surface area contributed by atoms with Crippen LogP contribution in [0.15, 0.2) is 42.5 Å². The monoisotopic (exact) mass is 447 g/mol. The van der Waals surface area contributed by atoms with E-state index in [4.69, 9.17) is 0 Å². The van der Waals surface area contributed by atoms with Crippen LogP contribution in [0.3, 0.4) is 0 Å². The molecule has 2 aromatic rings. The largest absolute Gasteiger partial charge is 0.416 e. The SMILES string of the molecule is O=C(Nc1ccc(C(F)(F)F)cc1F)C1CCCC(c2ccc(C3CCCCC3)cc2)C1. The van der Waals surface area contributed by atoms with Crippen molar-refractivity contribution >= 4 is 11.6 Å². The van der Waals surface area contributed by atoms with E-state index in [0.717, 1.165) is 25.0 Å². The summed E-state index contributed by atoms with van der Waals surface area (Å²) in [4.78, 5) is 12.7. The van der Waals surface area contributed by atoms with E-state index < -0.39 is 17.6 Å². The molecule has 0 aliphatic heterocycles. The average molecular weight is 448 g/mol. The van der Waals surface area contributed by atoms with Crippen LogP contribution in [0.1, 0.15) is 86.3 Å². The zero-order valence-electron chi connectivity index (χ0n) is 18.1. The van der Waals surface area contributed by atoms with Crippen LogP contribution in [-0.2, 0) is 11.0 Å². The van der Waals surface area contributed by atoms with Crippen LogP contribution in [0.2, 0.25) is 0 Å². The van der Waals surface area contributed by atoms with E-state index in [1.165, 1.54) is 43.2 Å². The number of alkyl halides is 3. The van der Waals surface area contributed by atoms with Crippen LogP contribution in [0.4, 0.5) is 23.2 Å². The van der Waals surface area contributed by atoms with Crippen molar-refractivity contribution in [3.05, 3.63) is 65.0 Å². The second-order valence-electron chi connectivity index (χ2n) is 9.24. The molecule has 172 valence electrons. The van der Waals surface area contributed by atoms with Crippen LogP contribution in [0.5, 0.6) is 0 Å². The number of carbonyl (C=O) groups is 1. The first kappa shape index (κ1) is 22.8. The van der Waals surface area contributed by atoms with Crippen molar-refractivity contribution in [1.29, 1.82) is 0 Å². The lowest BCUT2D eigenvalue weighted by Crippen LogP contribution is -2.28. The van der Waals surface area contributed by atoms with E-state index in [-0.39, 0.29) is 23.4 Å². The van der Waals surface area contributed by atoms with E-state index in [1.807, 2.05) is 0 Å². The van der Waals surface area contributed by atoms with E-state index in [0.29, 0.717) is 24.8 Å². The Labute approximate surface area is 186 Å². The summed E-state index contributed by atoms with van der Waals surface area (Å²) in [5, 5.41) is 2.50. The number of benzene rings is 2. The average Bonchev–Trinajstić information content (AvgIpc) is 2.80. The van der Waals surface area contributed by atoms with E-state index in [1.54, 1.807) is 0 Å². The summed E-state index contributed by atoms with van der Waals surface area (Å²) in [5.74, 6) is -0.766. The van der Waals surface area contributed by atoms with Crippen LogP contribution in [0.25, 0.3) is 0 Å².